The average molecular weight is 769 g/mol. The first-order valence-corrected chi connectivity index (χ1v) is 19.9. The van der Waals surface area contributed by atoms with Crippen molar-refractivity contribution in [2.24, 2.45) is 5.10 Å². The molecule has 8 rings (SSSR count). The Balaban J connectivity index is 1.13. The highest BCUT2D eigenvalue weighted by atomic mass is 16.1. The minimum atomic E-state index is 0.170. The van der Waals surface area contributed by atoms with E-state index in [4.69, 9.17) is 5.10 Å². The summed E-state index contributed by atoms with van der Waals surface area (Å²) in [6.45, 7) is 2.10. The van der Waals surface area contributed by atoms with Gasteiger partial charge < -0.3 is 9.80 Å². The number of nitrogens with one attached hydrogen (secondary N) is 2. The fourth-order valence-electron chi connectivity index (χ4n) is 7.21. The van der Waals surface area contributed by atoms with Crippen molar-refractivity contribution in [2.75, 3.05) is 15.2 Å². The van der Waals surface area contributed by atoms with Crippen LogP contribution in [-0.2, 0) is 0 Å². The molecule has 1 aliphatic rings. The Labute approximate surface area is 345 Å². The number of anilines is 7. The number of para-hydroxylation sites is 3. The molecule has 1 heterocycles. The van der Waals surface area contributed by atoms with Crippen LogP contribution in [0.4, 0.5) is 39.8 Å². The van der Waals surface area contributed by atoms with E-state index in [1.807, 2.05) is 103 Å². The maximum atomic E-state index is 12.8. The largest absolute Gasteiger partial charge is 0.311 e. The van der Waals surface area contributed by atoms with Crippen molar-refractivity contribution < 1.29 is 4.79 Å². The predicted octanol–water partition coefficient (Wildman–Crippen LogP) is 13.4. The molecule has 0 amide bonds. The van der Waals surface area contributed by atoms with Crippen LogP contribution in [0.3, 0.4) is 0 Å². The lowest BCUT2D eigenvalue weighted by Gasteiger charge is -2.26. The summed E-state index contributed by atoms with van der Waals surface area (Å²) in [5.41, 5.74) is 15.0. The number of Topliss-reactive ketones (excluding diaryl/α,β-unsaturated/α-hetero) is 1. The average Bonchev–Trinajstić information content (AvgIpc) is 3.30. The number of ketones is 1. The molecule has 0 fully saturated rings. The molecule has 7 heteroatoms. The molecule has 1 aromatic heterocycles. The number of benzene rings is 6. The van der Waals surface area contributed by atoms with Crippen LogP contribution < -0.4 is 15.2 Å². The Morgan fingerprint density at radius 3 is 1.46 bits per heavy atom. The number of unbranched alkanes of at least 4 members (excludes halogenated alkanes) is 1. The van der Waals surface area contributed by atoms with Crippen molar-refractivity contribution in [2.45, 2.75) is 26.2 Å². The van der Waals surface area contributed by atoms with Crippen molar-refractivity contribution in [3.8, 4) is 0 Å². The van der Waals surface area contributed by atoms with Crippen LogP contribution in [0.1, 0.15) is 47.7 Å². The first-order valence-electron chi connectivity index (χ1n) is 19.9. The van der Waals surface area contributed by atoms with E-state index in [-0.39, 0.29) is 5.78 Å². The number of carbonyl (C=O) groups is 1. The summed E-state index contributed by atoms with van der Waals surface area (Å²) in [5, 5.41) is 14.4. The van der Waals surface area contributed by atoms with Gasteiger partial charge in [-0.2, -0.15) is 5.10 Å². The van der Waals surface area contributed by atoms with Gasteiger partial charge in [-0.3, -0.25) is 20.6 Å². The highest BCUT2D eigenvalue weighted by molar-refractivity contribution is 6.69. The molecule has 0 bridgehead atoms. The third kappa shape index (κ3) is 8.70. The number of aromatic nitrogens is 1. The molecule has 7 nitrogen and oxygen atoms in total. The van der Waals surface area contributed by atoms with Crippen molar-refractivity contribution in [3.63, 3.8) is 0 Å². The quantitative estimate of drug-likeness (QED) is 0.0654. The highest BCUT2D eigenvalue weighted by Gasteiger charge is 2.24. The Bertz CT molecular complexity index is 2560. The number of pyridine rings is 1. The molecule has 6 aromatic carbocycles. The first kappa shape index (κ1) is 38.2. The van der Waals surface area contributed by atoms with Crippen LogP contribution in [0.5, 0.6) is 0 Å². The SMILES string of the molecule is CCCCC(=O)c1ccc(N(c2ccccc2)c2ccc(C3=CC=C(c4ccc(N(c5ccccc5)c5ccccc5)cc4)C(=N)/C3=N\Nc3ccncc3)cc2)cc1. The maximum absolute atomic E-state index is 12.8. The Morgan fingerprint density at radius 1 is 0.559 bits per heavy atom. The van der Waals surface area contributed by atoms with Gasteiger partial charge in [-0.1, -0.05) is 104 Å². The number of nitrogens with zero attached hydrogens (tertiary/aromatic N) is 4. The Kier molecular flexibility index (Phi) is 11.7. The Morgan fingerprint density at radius 2 is 0.983 bits per heavy atom. The minimum absolute atomic E-state index is 0.170. The zero-order valence-corrected chi connectivity index (χ0v) is 32.9. The third-order valence-corrected chi connectivity index (χ3v) is 10.3. The van der Waals surface area contributed by atoms with Crippen LogP contribution in [0.25, 0.3) is 11.1 Å². The molecule has 2 N–H and O–H groups in total. The van der Waals surface area contributed by atoms with Gasteiger partial charge in [0.1, 0.15) is 5.71 Å². The van der Waals surface area contributed by atoms with Gasteiger partial charge in [0.15, 0.2) is 5.78 Å². The van der Waals surface area contributed by atoms with E-state index >= 15 is 0 Å². The normalized spacial score (nSPS) is 13.0. The maximum Gasteiger partial charge on any atom is 0.162 e. The highest BCUT2D eigenvalue weighted by Crippen LogP contribution is 2.38. The van der Waals surface area contributed by atoms with E-state index in [0.717, 1.165) is 80.5 Å². The molecule has 0 spiro atoms. The molecule has 288 valence electrons. The van der Waals surface area contributed by atoms with Crippen molar-refractivity contribution in [1.29, 1.82) is 5.41 Å². The lowest BCUT2D eigenvalue weighted by molar-refractivity contribution is 0.0980. The van der Waals surface area contributed by atoms with Gasteiger partial charge in [-0.15, -0.1) is 0 Å². The van der Waals surface area contributed by atoms with Gasteiger partial charge >= 0.3 is 0 Å². The number of hydrogen-bond donors (Lipinski definition) is 2. The van der Waals surface area contributed by atoms with Gasteiger partial charge in [-0.25, -0.2) is 0 Å². The first-order chi connectivity index (χ1) is 29.1. The second-order valence-corrected chi connectivity index (χ2v) is 14.2. The van der Waals surface area contributed by atoms with Crippen molar-refractivity contribution in [3.05, 3.63) is 217 Å². The van der Waals surface area contributed by atoms with E-state index in [1.165, 1.54) is 0 Å². The molecule has 0 saturated carbocycles. The van der Waals surface area contributed by atoms with Crippen LogP contribution in [0.15, 0.2) is 206 Å². The summed E-state index contributed by atoms with van der Waals surface area (Å²) in [4.78, 5) is 21.3. The summed E-state index contributed by atoms with van der Waals surface area (Å²) in [7, 11) is 0. The fraction of sp³-hybridized carbons (Fsp3) is 0.0769. The monoisotopic (exact) mass is 768 g/mol. The van der Waals surface area contributed by atoms with Gasteiger partial charge in [0, 0.05) is 69.6 Å². The molecule has 0 aliphatic heterocycles. The van der Waals surface area contributed by atoms with Gasteiger partial charge in [-0.05, 0) is 115 Å². The van der Waals surface area contributed by atoms with Gasteiger partial charge in [0.25, 0.3) is 0 Å². The summed E-state index contributed by atoms with van der Waals surface area (Å²) >= 11 is 0. The number of hydrogen-bond acceptors (Lipinski definition) is 7. The topological polar surface area (TPSA) is 84.7 Å². The lowest BCUT2D eigenvalue weighted by Crippen LogP contribution is -2.21. The standard InChI is InChI=1S/C52H44N6O/c1-2-3-19-50(59)40-24-30-47(31-25-40)58(44-17-11-6-12-18-44)46-28-22-39(23-29-46)49-33-32-48(51(53)52(49)56-55-41-34-36-54-37-35-41)38-20-26-45(27-21-38)57(42-13-7-4-8-14-42)43-15-9-5-10-16-43/h4-18,20-37,53H,2-3,19H2,1H3,(H,54,55)/b53-51?,56-52-. The van der Waals surface area contributed by atoms with Crippen LogP contribution >= 0.6 is 0 Å². The zero-order valence-electron chi connectivity index (χ0n) is 32.9. The van der Waals surface area contributed by atoms with Gasteiger partial charge in [0.05, 0.1) is 11.4 Å². The second-order valence-electron chi connectivity index (χ2n) is 14.2. The smallest absolute Gasteiger partial charge is 0.162 e. The van der Waals surface area contributed by atoms with Crippen molar-refractivity contribution >= 4 is 68.2 Å². The van der Waals surface area contributed by atoms with Crippen LogP contribution in [-0.4, -0.2) is 22.2 Å². The van der Waals surface area contributed by atoms with E-state index in [9.17, 15) is 10.2 Å². The molecule has 0 atom stereocenters. The van der Waals surface area contributed by atoms with Crippen LogP contribution in [0.2, 0.25) is 0 Å². The molecular weight excluding hydrogens is 725 g/mol. The summed E-state index contributed by atoms with van der Waals surface area (Å²) in [6.07, 6.45) is 9.91. The fourth-order valence-corrected chi connectivity index (χ4v) is 7.21. The van der Waals surface area contributed by atoms with E-state index < -0.39 is 0 Å². The number of allylic oxidation sites excluding steroid dienone is 4. The zero-order chi connectivity index (χ0) is 40.4. The molecule has 0 unspecified atom stereocenters. The predicted molar refractivity (Wildman–Crippen MR) is 245 cm³/mol. The number of hydrazone groups is 1. The number of carbonyl (C=O) groups excluding carboxylic acids is 1. The minimum Gasteiger partial charge on any atom is -0.311 e. The molecule has 1 aliphatic carbocycles. The molecular formula is C52H44N6O. The molecule has 0 radical (unpaired) electrons. The summed E-state index contributed by atoms with van der Waals surface area (Å²) in [5.74, 6) is 0.170. The Hall–Kier alpha value is -7.64. The number of rotatable bonds is 14. The van der Waals surface area contributed by atoms with E-state index in [1.54, 1.807) is 12.4 Å². The molecule has 0 saturated heterocycles. The van der Waals surface area contributed by atoms with E-state index in [0.29, 0.717) is 17.8 Å². The molecule has 59 heavy (non-hydrogen) atoms. The lowest BCUT2D eigenvalue weighted by atomic mass is 9.86. The van der Waals surface area contributed by atoms with E-state index in [2.05, 4.69) is 112 Å². The summed E-state index contributed by atoms with van der Waals surface area (Å²) < 4.78 is 0. The molecule has 7 aromatic rings. The van der Waals surface area contributed by atoms with Crippen LogP contribution in [0, 0.1) is 5.41 Å². The third-order valence-electron chi connectivity index (χ3n) is 10.3. The summed E-state index contributed by atoms with van der Waals surface area (Å²) in [6, 6.07) is 59.1. The van der Waals surface area contributed by atoms with Crippen molar-refractivity contribution in [1.82, 2.24) is 4.98 Å². The van der Waals surface area contributed by atoms with Gasteiger partial charge in [0.2, 0.25) is 0 Å². The second kappa shape index (κ2) is 18.1.